The van der Waals surface area contributed by atoms with Crippen LogP contribution in [0.1, 0.15) is 42.3 Å². The molecule has 0 radical (unpaired) electrons. The molecule has 0 spiro atoms. The van der Waals surface area contributed by atoms with Crippen LogP contribution in [-0.2, 0) is 22.7 Å². The first-order valence-electron chi connectivity index (χ1n) is 12.8. The molecule has 3 aromatic carbocycles. The lowest BCUT2D eigenvalue weighted by Crippen LogP contribution is -2.54. The molecule has 4 rings (SSSR count). The molecule has 0 aromatic heterocycles. The molecule has 0 bridgehead atoms. The first kappa shape index (κ1) is 28.7. The fourth-order valence-electron chi connectivity index (χ4n) is 4.26. The summed E-state index contributed by atoms with van der Waals surface area (Å²) >= 11 is 2.98. The van der Waals surface area contributed by atoms with E-state index >= 15 is 0 Å². The van der Waals surface area contributed by atoms with Crippen LogP contribution in [0.25, 0.3) is 11.1 Å². The van der Waals surface area contributed by atoms with Gasteiger partial charge in [0.15, 0.2) is 5.37 Å². The van der Waals surface area contributed by atoms with E-state index in [0.717, 1.165) is 32.0 Å². The fourth-order valence-corrected chi connectivity index (χ4v) is 5.92. The number of nitrogens with zero attached hydrogens (tertiary/aromatic N) is 1. The van der Waals surface area contributed by atoms with E-state index in [2.05, 4.69) is 22.8 Å². The molecule has 1 aliphatic heterocycles. The number of thioether (sulfide) groups is 2. The second-order valence-corrected chi connectivity index (χ2v) is 12.0. The van der Waals surface area contributed by atoms with E-state index in [1.807, 2.05) is 67.8 Å². The molecule has 1 atom stereocenters. The predicted molar refractivity (Wildman–Crippen MR) is 158 cm³/mol. The van der Waals surface area contributed by atoms with Crippen LogP contribution < -0.4 is 16.4 Å². The third kappa shape index (κ3) is 6.84. The van der Waals surface area contributed by atoms with E-state index in [1.54, 1.807) is 30.5 Å². The molecule has 1 unspecified atom stereocenters. The molecule has 7 nitrogen and oxygen atoms in total. The highest BCUT2D eigenvalue weighted by molar-refractivity contribution is 8.01. The SMILES string of the molecule is CCNC(=O)c1ccccc1-c1ccc(CN2Cc3ccc(SC)cc3SC(NC(=O)C(C)(C)N)C2=O)cc1. The standard InChI is InChI=1S/C30H34N4O3S2/c1-5-32-26(35)24-9-7-6-8-23(24)20-12-10-19(11-13-20)17-34-18-21-14-15-22(38-4)16-25(21)39-27(28(34)36)33-29(37)30(2,3)31/h6-16,27H,5,17-18,31H2,1-4H3,(H,32,35)(H,33,37). The monoisotopic (exact) mass is 562 g/mol. The Kier molecular flexibility index (Phi) is 9.04. The molecule has 204 valence electrons. The lowest BCUT2D eigenvalue weighted by Gasteiger charge is -2.27. The summed E-state index contributed by atoms with van der Waals surface area (Å²) in [6, 6.07) is 21.6. The third-order valence-corrected chi connectivity index (χ3v) is 8.33. The van der Waals surface area contributed by atoms with E-state index in [9.17, 15) is 14.4 Å². The second-order valence-electron chi connectivity index (χ2n) is 9.96. The van der Waals surface area contributed by atoms with Crippen molar-refractivity contribution in [3.05, 3.63) is 83.4 Å². The summed E-state index contributed by atoms with van der Waals surface area (Å²) in [5.41, 5.74) is 9.27. The molecule has 0 fully saturated rings. The van der Waals surface area contributed by atoms with Crippen molar-refractivity contribution in [2.24, 2.45) is 5.73 Å². The van der Waals surface area contributed by atoms with Gasteiger partial charge in [-0.2, -0.15) is 0 Å². The molecule has 39 heavy (non-hydrogen) atoms. The van der Waals surface area contributed by atoms with Crippen molar-refractivity contribution in [3.8, 4) is 11.1 Å². The summed E-state index contributed by atoms with van der Waals surface area (Å²) in [6.45, 7) is 6.50. The second kappa shape index (κ2) is 12.3. The van der Waals surface area contributed by atoms with E-state index in [1.165, 1.54) is 11.8 Å². The topological polar surface area (TPSA) is 105 Å². The van der Waals surface area contributed by atoms with E-state index in [-0.39, 0.29) is 17.7 Å². The lowest BCUT2D eigenvalue weighted by atomic mass is 9.98. The molecule has 1 aliphatic rings. The van der Waals surface area contributed by atoms with Crippen LogP contribution in [-0.4, -0.2) is 46.3 Å². The summed E-state index contributed by atoms with van der Waals surface area (Å²) in [6.07, 6.45) is 2.01. The van der Waals surface area contributed by atoms with Crippen molar-refractivity contribution in [1.82, 2.24) is 15.5 Å². The van der Waals surface area contributed by atoms with Crippen molar-refractivity contribution in [3.63, 3.8) is 0 Å². The Bertz CT molecular complexity index is 1370. The Morgan fingerprint density at radius 3 is 2.49 bits per heavy atom. The van der Waals surface area contributed by atoms with E-state index < -0.39 is 10.9 Å². The minimum atomic E-state index is -1.11. The molecule has 3 amide bonds. The Morgan fingerprint density at radius 1 is 1.10 bits per heavy atom. The van der Waals surface area contributed by atoms with Gasteiger partial charge in [0, 0.05) is 35.0 Å². The van der Waals surface area contributed by atoms with Gasteiger partial charge in [0.05, 0.1) is 5.54 Å². The first-order valence-corrected chi connectivity index (χ1v) is 14.9. The van der Waals surface area contributed by atoms with Crippen molar-refractivity contribution in [2.75, 3.05) is 12.8 Å². The molecule has 0 aliphatic carbocycles. The number of benzene rings is 3. The zero-order valence-electron chi connectivity index (χ0n) is 22.6. The molecule has 1 heterocycles. The minimum absolute atomic E-state index is 0.109. The summed E-state index contributed by atoms with van der Waals surface area (Å²) in [4.78, 5) is 42.8. The molecule has 0 saturated heterocycles. The van der Waals surface area contributed by atoms with E-state index in [4.69, 9.17) is 5.73 Å². The van der Waals surface area contributed by atoms with Crippen molar-refractivity contribution >= 4 is 41.2 Å². The quantitative estimate of drug-likeness (QED) is 0.346. The predicted octanol–water partition coefficient (Wildman–Crippen LogP) is 4.64. The number of nitrogens with one attached hydrogen (secondary N) is 2. The van der Waals surface area contributed by atoms with Gasteiger partial charge >= 0.3 is 0 Å². The van der Waals surface area contributed by atoms with Crippen molar-refractivity contribution in [2.45, 2.75) is 54.6 Å². The number of fused-ring (bicyclic) bond motifs is 1. The van der Waals surface area contributed by atoms with Crippen molar-refractivity contribution < 1.29 is 14.4 Å². The van der Waals surface area contributed by atoms with Gasteiger partial charge in [-0.1, -0.05) is 60.3 Å². The highest BCUT2D eigenvalue weighted by Crippen LogP contribution is 2.35. The van der Waals surface area contributed by atoms with Gasteiger partial charge in [-0.25, -0.2) is 0 Å². The van der Waals surface area contributed by atoms with Crippen LogP contribution in [0.2, 0.25) is 0 Å². The normalized spacial score (nSPS) is 15.4. The summed E-state index contributed by atoms with van der Waals surface area (Å²) in [5.74, 6) is -0.667. The minimum Gasteiger partial charge on any atom is -0.352 e. The average molecular weight is 563 g/mol. The van der Waals surface area contributed by atoms with Gasteiger partial charge in [0.2, 0.25) is 5.91 Å². The Labute approximate surface area is 238 Å². The number of carbonyl (C=O) groups is 3. The van der Waals surface area contributed by atoms with Gasteiger partial charge in [-0.15, -0.1) is 11.8 Å². The third-order valence-electron chi connectivity index (χ3n) is 6.41. The van der Waals surface area contributed by atoms with Crippen molar-refractivity contribution in [1.29, 1.82) is 0 Å². The zero-order chi connectivity index (χ0) is 28.2. The van der Waals surface area contributed by atoms with Crippen LogP contribution in [0, 0.1) is 0 Å². The zero-order valence-corrected chi connectivity index (χ0v) is 24.2. The summed E-state index contributed by atoms with van der Waals surface area (Å²) < 4.78 is 0. The summed E-state index contributed by atoms with van der Waals surface area (Å²) in [5, 5.41) is 4.94. The lowest BCUT2D eigenvalue weighted by molar-refractivity contribution is -0.135. The fraction of sp³-hybridized carbons (Fsp3) is 0.300. The molecule has 9 heteroatoms. The number of hydrogen-bond acceptors (Lipinski definition) is 6. The molecular formula is C30H34N4O3S2. The van der Waals surface area contributed by atoms with Crippen LogP contribution in [0.3, 0.4) is 0 Å². The van der Waals surface area contributed by atoms with Gasteiger partial charge in [-0.3, -0.25) is 14.4 Å². The highest BCUT2D eigenvalue weighted by atomic mass is 32.2. The summed E-state index contributed by atoms with van der Waals surface area (Å²) in [7, 11) is 0. The Hall–Kier alpha value is -3.27. The van der Waals surface area contributed by atoms with Crippen LogP contribution in [0.15, 0.2) is 76.5 Å². The number of nitrogens with two attached hydrogens (primary N) is 1. The molecule has 4 N–H and O–H groups in total. The maximum absolute atomic E-state index is 13.7. The Balaban J connectivity index is 1.61. The van der Waals surface area contributed by atoms with Gasteiger partial charge < -0.3 is 21.3 Å². The Morgan fingerprint density at radius 2 is 1.82 bits per heavy atom. The van der Waals surface area contributed by atoms with Gasteiger partial charge in [-0.05, 0) is 67.5 Å². The van der Waals surface area contributed by atoms with Crippen LogP contribution in [0.5, 0.6) is 0 Å². The molecule has 3 aromatic rings. The van der Waals surface area contributed by atoms with Crippen LogP contribution >= 0.6 is 23.5 Å². The largest absolute Gasteiger partial charge is 0.352 e. The maximum atomic E-state index is 13.7. The smallest absolute Gasteiger partial charge is 0.256 e. The number of rotatable bonds is 8. The number of amides is 3. The molecular weight excluding hydrogens is 528 g/mol. The molecule has 0 saturated carbocycles. The number of hydrogen-bond donors (Lipinski definition) is 3. The van der Waals surface area contributed by atoms with Crippen LogP contribution in [0.4, 0.5) is 0 Å². The average Bonchev–Trinajstić information content (AvgIpc) is 3.04. The van der Waals surface area contributed by atoms with Gasteiger partial charge in [0.1, 0.15) is 0 Å². The first-order chi connectivity index (χ1) is 18.6. The van der Waals surface area contributed by atoms with E-state index in [0.29, 0.717) is 25.2 Å². The maximum Gasteiger partial charge on any atom is 0.256 e. The number of carbonyl (C=O) groups excluding carboxylic acids is 3. The van der Waals surface area contributed by atoms with Gasteiger partial charge in [0.25, 0.3) is 11.8 Å². The highest BCUT2D eigenvalue weighted by Gasteiger charge is 2.34.